The number of morpholine rings is 1. The lowest BCUT2D eigenvalue weighted by molar-refractivity contribution is -0.190. The smallest absolute Gasteiger partial charge is 0.425 e. The van der Waals surface area contributed by atoms with E-state index in [-0.39, 0.29) is 17.9 Å². The van der Waals surface area contributed by atoms with Crippen molar-refractivity contribution >= 4 is 17.6 Å². The number of hydrogen-bond donors (Lipinski definition) is 1. The number of alkyl halides is 3. The standard InChI is InChI=1S/C16H18F3N5O2/c1-11(16(17,18)19)26-15-22-13(20-12-5-3-2-4-6-12)21-14(23-15)24-7-9-25-10-8-24/h2-6,11H,7-10H2,1H3,(H,20,21,22,23). The van der Waals surface area contributed by atoms with Crippen LogP contribution in [0.2, 0.25) is 0 Å². The first-order valence-corrected chi connectivity index (χ1v) is 8.06. The number of nitrogens with zero attached hydrogens (tertiary/aromatic N) is 4. The predicted octanol–water partition coefficient (Wildman–Crippen LogP) is 2.78. The summed E-state index contributed by atoms with van der Waals surface area (Å²) in [5.74, 6) is 0.350. The third kappa shape index (κ3) is 4.72. The van der Waals surface area contributed by atoms with E-state index >= 15 is 0 Å². The van der Waals surface area contributed by atoms with Crippen LogP contribution in [-0.2, 0) is 4.74 Å². The lowest BCUT2D eigenvalue weighted by Gasteiger charge is -2.27. The van der Waals surface area contributed by atoms with Gasteiger partial charge in [-0.2, -0.15) is 28.1 Å². The fourth-order valence-corrected chi connectivity index (χ4v) is 2.23. The second-order valence-corrected chi connectivity index (χ2v) is 5.63. The number of hydrogen-bond acceptors (Lipinski definition) is 7. The van der Waals surface area contributed by atoms with Gasteiger partial charge in [-0.05, 0) is 19.1 Å². The molecule has 1 aromatic heterocycles. The maximum absolute atomic E-state index is 12.8. The van der Waals surface area contributed by atoms with Gasteiger partial charge in [-0.3, -0.25) is 0 Å². The molecule has 10 heteroatoms. The molecule has 1 unspecified atom stereocenters. The van der Waals surface area contributed by atoms with E-state index in [4.69, 9.17) is 9.47 Å². The van der Waals surface area contributed by atoms with Crippen LogP contribution in [0.4, 0.5) is 30.8 Å². The highest BCUT2D eigenvalue weighted by atomic mass is 19.4. The minimum atomic E-state index is -4.52. The second-order valence-electron chi connectivity index (χ2n) is 5.63. The van der Waals surface area contributed by atoms with Gasteiger partial charge in [0.1, 0.15) is 0 Å². The van der Waals surface area contributed by atoms with Crippen molar-refractivity contribution in [2.75, 3.05) is 36.5 Å². The number of para-hydroxylation sites is 1. The van der Waals surface area contributed by atoms with Crippen molar-refractivity contribution in [2.24, 2.45) is 0 Å². The van der Waals surface area contributed by atoms with E-state index in [0.29, 0.717) is 32.0 Å². The van der Waals surface area contributed by atoms with Gasteiger partial charge in [0, 0.05) is 18.8 Å². The monoisotopic (exact) mass is 369 g/mol. The number of anilines is 3. The fourth-order valence-electron chi connectivity index (χ4n) is 2.23. The van der Waals surface area contributed by atoms with E-state index in [1.165, 1.54) is 0 Å². The third-order valence-electron chi connectivity index (χ3n) is 3.67. The molecule has 1 saturated heterocycles. The SMILES string of the molecule is CC(Oc1nc(Nc2ccccc2)nc(N2CCOCC2)n1)C(F)(F)F. The van der Waals surface area contributed by atoms with Gasteiger partial charge >= 0.3 is 12.2 Å². The molecule has 2 aromatic rings. The Balaban J connectivity index is 1.88. The summed E-state index contributed by atoms with van der Waals surface area (Å²) in [6.45, 7) is 2.94. The quantitative estimate of drug-likeness (QED) is 0.869. The van der Waals surface area contributed by atoms with E-state index in [1.807, 2.05) is 23.1 Å². The van der Waals surface area contributed by atoms with Crippen molar-refractivity contribution in [3.8, 4) is 6.01 Å². The lowest BCUT2D eigenvalue weighted by atomic mass is 10.3. The highest BCUT2D eigenvalue weighted by Gasteiger charge is 2.39. The largest absolute Gasteiger partial charge is 0.451 e. The molecule has 0 amide bonds. The predicted molar refractivity (Wildman–Crippen MR) is 88.7 cm³/mol. The van der Waals surface area contributed by atoms with Crippen LogP contribution < -0.4 is 15.0 Å². The number of ether oxygens (including phenoxy) is 2. The molecule has 0 saturated carbocycles. The summed E-state index contributed by atoms with van der Waals surface area (Å²) < 4.78 is 48.6. The summed E-state index contributed by atoms with van der Waals surface area (Å²) in [6.07, 6.45) is -6.55. The van der Waals surface area contributed by atoms with Crippen molar-refractivity contribution in [1.29, 1.82) is 0 Å². The van der Waals surface area contributed by atoms with E-state index < -0.39 is 12.3 Å². The Morgan fingerprint density at radius 3 is 2.46 bits per heavy atom. The van der Waals surface area contributed by atoms with Crippen molar-refractivity contribution in [2.45, 2.75) is 19.2 Å². The summed E-state index contributed by atoms with van der Waals surface area (Å²) in [5, 5.41) is 2.95. The van der Waals surface area contributed by atoms with Crippen LogP contribution in [0.5, 0.6) is 6.01 Å². The first-order valence-electron chi connectivity index (χ1n) is 8.06. The van der Waals surface area contributed by atoms with Crippen LogP contribution in [0.3, 0.4) is 0 Å². The molecule has 1 N–H and O–H groups in total. The zero-order valence-electron chi connectivity index (χ0n) is 14.0. The van der Waals surface area contributed by atoms with Gasteiger partial charge in [0.05, 0.1) is 13.2 Å². The summed E-state index contributed by atoms with van der Waals surface area (Å²) in [4.78, 5) is 14.1. The van der Waals surface area contributed by atoms with Crippen LogP contribution in [0.1, 0.15) is 6.92 Å². The third-order valence-corrected chi connectivity index (χ3v) is 3.67. The molecule has 140 valence electrons. The minimum Gasteiger partial charge on any atom is -0.451 e. The Morgan fingerprint density at radius 1 is 1.12 bits per heavy atom. The molecule has 0 aliphatic carbocycles. The molecule has 0 radical (unpaired) electrons. The average molecular weight is 369 g/mol. The Bertz CT molecular complexity index is 724. The number of rotatable bonds is 5. The zero-order chi connectivity index (χ0) is 18.6. The molecular formula is C16H18F3N5O2. The molecule has 0 bridgehead atoms. The minimum absolute atomic E-state index is 0.108. The molecule has 1 atom stereocenters. The lowest BCUT2D eigenvalue weighted by Crippen LogP contribution is -2.38. The highest BCUT2D eigenvalue weighted by molar-refractivity contribution is 5.54. The highest BCUT2D eigenvalue weighted by Crippen LogP contribution is 2.25. The van der Waals surface area contributed by atoms with Gasteiger partial charge in [0.25, 0.3) is 0 Å². The van der Waals surface area contributed by atoms with Gasteiger partial charge < -0.3 is 19.7 Å². The topological polar surface area (TPSA) is 72.4 Å². The van der Waals surface area contributed by atoms with Crippen molar-refractivity contribution < 1.29 is 22.6 Å². The summed E-state index contributed by atoms with van der Waals surface area (Å²) in [6, 6.07) is 8.67. The molecule has 1 aromatic carbocycles. The molecule has 1 aliphatic rings. The maximum Gasteiger partial charge on any atom is 0.425 e. The normalized spacial score (nSPS) is 16.2. The number of benzene rings is 1. The molecule has 0 spiro atoms. The van der Waals surface area contributed by atoms with Crippen LogP contribution in [0.15, 0.2) is 30.3 Å². The van der Waals surface area contributed by atoms with Crippen LogP contribution in [0, 0.1) is 0 Å². The summed E-state index contributed by atoms with van der Waals surface area (Å²) in [7, 11) is 0. The number of nitrogens with one attached hydrogen (secondary N) is 1. The van der Waals surface area contributed by atoms with Crippen LogP contribution >= 0.6 is 0 Å². The van der Waals surface area contributed by atoms with E-state index in [0.717, 1.165) is 6.92 Å². The van der Waals surface area contributed by atoms with Gasteiger partial charge in [0.2, 0.25) is 11.9 Å². The van der Waals surface area contributed by atoms with E-state index in [2.05, 4.69) is 20.3 Å². The molecular weight excluding hydrogens is 351 g/mol. The summed E-state index contributed by atoms with van der Waals surface area (Å²) >= 11 is 0. The fraction of sp³-hybridized carbons (Fsp3) is 0.438. The van der Waals surface area contributed by atoms with Crippen molar-refractivity contribution in [3.63, 3.8) is 0 Å². The first-order chi connectivity index (χ1) is 12.4. The molecule has 2 heterocycles. The Kier molecular flexibility index (Phi) is 5.40. The van der Waals surface area contributed by atoms with Gasteiger partial charge in [0.15, 0.2) is 6.10 Å². The number of aromatic nitrogens is 3. The average Bonchev–Trinajstić information content (AvgIpc) is 2.62. The van der Waals surface area contributed by atoms with Gasteiger partial charge in [-0.1, -0.05) is 18.2 Å². The molecule has 1 fully saturated rings. The molecule has 26 heavy (non-hydrogen) atoms. The van der Waals surface area contributed by atoms with E-state index in [9.17, 15) is 13.2 Å². The van der Waals surface area contributed by atoms with Crippen molar-refractivity contribution in [3.05, 3.63) is 30.3 Å². The van der Waals surface area contributed by atoms with Gasteiger partial charge in [-0.15, -0.1) is 0 Å². The van der Waals surface area contributed by atoms with E-state index in [1.54, 1.807) is 12.1 Å². The molecule has 3 rings (SSSR count). The van der Waals surface area contributed by atoms with Gasteiger partial charge in [-0.25, -0.2) is 0 Å². The van der Waals surface area contributed by atoms with Crippen LogP contribution in [-0.4, -0.2) is 53.5 Å². The van der Waals surface area contributed by atoms with Crippen molar-refractivity contribution in [1.82, 2.24) is 15.0 Å². The molecule has 7 nitrogen and oxygen atoms in total. The summed E-state index contributed by atoms with van der Waals surface area (Å²) in [5.41, 5.74) is 0.696. The first kappa shape index (κ1) is 18.2. The second kappa shape index (κ2) is 7.73. The molecule has 1 aliphatic heterocycles. The Morgan fingerprint density at radius 2 is 1.81 bits per heavy atom. The Labute approximate surface area is 148 Å². The zero-order valence-corrected chi connectivity index (χ0v) is 14.0. The Hall–Kier alpha value is -2.62. The number of halogens is 3. The van der Waals surface area contributed by atoms with Crippen LogP contribution in [0.25, 0.3) is 0 Å². The maximum atomic E-state index is 12.8.